The van der Waals surface area contributed by atoms with E-state index in [1.807, 2.05) is 19.0 Å². The van der Waals surface area contributed by atoms with E-state index in [4.69, 9.17) is 4.98 Å². The highest BCUT2D eigenvalue weighted by atomic mass is 19.1. The Morgan fingerprint density at radius 1 is 1.09 bits per heavy atom. The first-order valence-corrected chi connectivity index (χ1v) is 11.8. The second-order valence-electron chi connectivity index (χ2n) is 9.01. The van der Waals surface area contributed by atoms with E-state index in [1.165, 1.54) is 17.0 Å². The van der Waals surface area contributed by atoms with E-state index >= 15 is 0 Å². The SMILES string of the molecule is CN(C)c1ncc(-c2ccc(F)cc2)c([C@H]2CCCCN2C(=O)CCN2C(=O)CCCC2=O)n1. The summed E-state index contributed by atoms with van der Waals surface area (Å²) in [5, 5.41) is 0. The second-order valence-corrected chi connectivity index (χ2v) is 9.01. The number of aromatic nitrogens is 2. The monoisotopic (exact) mass is 467 g/mol. The number of amides is 3. The van der Waals surface area contributed by atoms with Crippen molar-refractivity contribution >= 4 is 23.7 Å². The number of carbonyl (C=O) groups excluding carboxylic acids is 3. The summed E-state index contributed by atoms with van der Waals surface area (Å²) in [7, 11) is 3.71. The van der Waals surface area contributed by atoms with Crippen LogP contribution in [0.15, 0.2) is 30.5 Å². The molecule has 180 valence electrons. The highest BCUT2D eigenvalue weighted by Crippen LogP contribution is 2.36. The van der Waals surface area contributed by atoms with Gasteiger partial charge >= 0.3 is 0 Å². The number of halogens is 1. The summed E-state index contributed by atoms with van der Waals surface area (Å²) in [6.45, 7) is 0.687. The van der Waals surface area contributed by atoms with E-state index in [-0.39, 0.29) is 42.5 Å². The summed E-state index contributed by atoms with van der Waals surface area (Å²) in [6.07, 6.45) is 5.65. The number of nitrogens with zero attached hydrogens (tertiary/aromatic N) is 5. The van der Waals surface area contributed by atoms with Crippen molar-refractivity contribution in [1.29, 1.82) is 0 Å². The van der Waals surface area contributed by atoms with Crippen molar-refractivity contribution in [2.75, 3.05) is 32.1 Å². The predicted octanol–water partition coefficient (Wildman–Crippen LogP) is 3.33. The van der Waals surface area contributed by atoms with Crippen LogP contribution in [0, 0.1) is 5.82 Å². The quantitative estimate of drug-likeness (QED) is 0.606. The smallest absolute Gasteiger partial charge is 0.229 e. The summed E-state index contributed by atoms with van der Waals surface area (Å²) in [6, 6.07) is 5.91. The van der Waals surface area contributed by atoms with E-state index < -0.39 is 0 Å². The van der Waals surface area contributed by atoms with Crippen LogP contribution in [0.4, 0.5) is 10.3 Å². The Morgan fingerprint density at radius 2 is 1.79 bits per heavy atom. The van der Waals surface area contributed by atoms with Crippen molar-refractivity contribution in [2.45, 2.75) is 51.0 Å². The summed E-state index contributed by atoms with van der Waals surface area (Å²) < 4.78 is 13.5. The molecule has 0 saturated carbocycles. The minimum absolute atomic E-state index is 0.0888. The highest BCUT2D eigenvalue weighted by Gasteiger charge is 2.33. The largest absolute Gasteiger partial charge is 0.347 e. The maximum atomic E-state index is 13.5. The fourth-order valence-corrected chi connectivity index (χ4v) is 4.62. The average molecular weight is 468 g/mol. The molecule has 2 saturated heterocycles. The Bertz CT molecular complexity index is 1060. The van der Waals surface area contributed by atoms with Gasteiger partial charge in [0.2, 0.25) is 23.7 Å². The average Bonchev–Trinajstić information content (AvgIpc) is 2.84. The van der Waals surface area contributed by atoms with Crippen LogP contribution >= 0.6 is 0 Å². The fourth-order valence-electron chi connectivity index (χ4n) is 4.62. The van der Waals surface area contributed by atoms with Crippen molar-refractivity contribution in [1.82, 2.24) is 19.8 Å². The van der Waals surface area contributed by atoms with Crippen LogP contribution in [0.1, 0.15) is 56.7 Å². The molecule has 4 rings (SSSR count). The molecular weight excluding hydrogens is 437 g/mol. The molecule has 9 heteroatoms. The van der Waals surface area contributed by atoms with Gasteiger partial charge in [-0.15, -0.1) is 0 Å². The lowest BCUT2D eigenvalue weighted by Crippen LogP contribution is -2.44. The van der Waals surface area contributed by atoms with Crippen LogP contribution in [0.25, 0.3) is 11.1 Å². The first-order chi connectivity index (χ1) is 16.3. The van der Waals surface area contributed by atoms with Gasteiger partial charge in [-0.05, 0) is 43.4 Å². The van der Waals surface area contributed by atoms with Crippen LogP contribution in [0.5, 0.6) is 0 Å². The lowest BCUT2D eigenvalue weighted by Gasteiger charge is -2.37. The van der Waals surface area contributed by atoms with E-state index in [2.05, 4.69) is 4.98 Å². The molecule has 0 aliphatic carbocycles. The first-order valence-electron chi connectivity index (χ1n) is 11.8. The van der Waals surface area contributed by atoms with Gasteiger partial charge in [-0.1, -0.05) is 12.1 Å². The Morgan fingerprint density at radius 3 is 2.47 bits per heavy atom. The highest BCUT2D eigenvalue weighted by molar-refractivity contribution is 5.97. The van der Waals surface area contributed by atoms with Crippen LogP contribution < -0.4 is 4.90 Å². The molecule has 1 aromatic carbocycles. The fraction of sp³-hybridized carbons (Fsp3) is 0.480. The van der Waals surface area contributed by atoms with Gasteiger partial charge in [0, 0.05) is 58.2 Å². The molecule has 2 aliphatic rings. The third-order valence-corrected chi connectivity index (χ3v) is 6.43. The lowest BCUT2D eigenvalue weighted by molar-refractivity contribution is -0.148. The normalized spacial score (nSPS) is 18.9. The number of rotatable bonds is 6. The van der Waals surface area contributed by atoms with E-state index in [0.29, 0.717) is 31.8 Å². The topological polar surface area (TPSA) is 86.7 Å². The number of benzene rings is 1. The van der Waals surface area contributed by atoms with Gasteiger partial charge in [-0.2, -0.15) is 0 Å². The lowest BCUT2D eigenvalue weighted by atomic mass is 9.93. The molecule has 3 heterocycles. The molecule has 0 spiro atoms. The second kappa shape index (κ2) is 10.3. The zero-order valence-electron chi connectivity index (χ0n) is 19.7. The van der Waals surface area contributed by atoms with Gasteiger partial charge in [-0.25, -0.2) is 14.4 Å². The number of piperidine rings is 2. The van der Waals surface area contributed by atoms with Crippen molar-refractivity contribution in [3.05, 3.63) is 42.0 Å². The number of imide groups is 1. The Balaban J connectivity index is 1.62. The molecule has 8 nitrogen and oxygen atoms in total. The van der Waals surface area contributed by atoms with E-state index in [0.717, 1.165) is 36.1 Å². The van der Waals surface area contributed by atoms with Crippen molar-refractivity contribution in [3.63, 3.8) is 0 Å². The van der Waals surface area contributed by atoms with Gasteiger partial charge < -0.3 is 9.80 Å². The number of carbonyl (C=O) groups is 3. The van der Waals surface area contributed by atoms with Gasteiger partial charge in [0.05, 0.1) is 11.7 Å². The Labute approximate surface area is 198 Å². The van der Waals surface area contributed by atoms with Crippen molar-refractivity contribution in [3.8, 4) is 11.1 Å². The molecule has 1 aromatic heterocycles. The van der Waals surface area contributed by atoms with E-state index in [1.54, 1.807) is 23.2 Å². The molecule has 2 aliphatic heterocycles. The molecule has 34 heavy (non-hydrogen) atoms. The molecule has 0 bridgehead atoms. The molecule has 0 unspecified atom stereocenters. The number of anilines is 1. The number of likely N-dealkylation sites (tertiary alicyclic amines) is 2. The van der Waals surface area contributed by atoms with Crippen LogP contribution in [-0.4, -0.2) is 64.7 Å². The minimum Gasteiger partial charge on any atom is -0.347 e. The van der Waals surface area contributed by atoms with Gasteiger partial charge in [0.1, 0.15) is 5.82 Å². The summed E-state index contributed by atoms with van der Waals surface area (Å²) >= 11 is 0. The molecular formula is C25H30FN5O3. The molecule has 3 amide bonds. The summed E-state index contributed by atoms with van der Waals surface area (Å²) in [4.78, 5) is 51.7. The van der Waals surface area contributed by atoms with Gasteiger partial charge in [0.15, 0.2) is 0 Å². The molecule has 0 radical (unpaired) electrons. The number of hydrogen-bond acceptors (Lipinski definition) is 6. The molecule has 1 atom stereocenters. The summed E-state index contributed by atoms with van der Waals surface area (Å²) in [5.41, 5.74) is 2.27. The number of hydrogen-bond donors (Lipinski definition) is 0. The third kappa shape index (κ3) is 5.08. The zero-order valence-corrected chi connectivity index (χ0v) is 19.7. The Kier molecular flexibility index (Phi) is 7.19. The Hall–Kier alpha value is -3.36. The van der Waals surface area contributed by atoms with Crippen LogP contribution in [-0.2, 0) is 14.4 Å². The van der Waals surface area contributed by atoms with E-state index in [9.17, 15) is 18.8 Å². The van der Waals surface area contributed by atoms with Crippen molar-refractivity contribution in [2.24, 2.45) is 0 Å². The zero-order chi connectivity index (χ0) is 24.2. The van der Waals surface area contributed by atoms with Gasteiger partial charge in [0.25, 0.3) is 0 Å². The minimum atomic E-state index is -0.326. The molecule has 2 aromatic rings. The third-order valence-electron chi connectivity index (χ3n) is 6.43. The maximum Gasteiger partial charge on any atom is 0.229 e. The first kappa shape index (κ1) is 23.8. The standard InChI is InChI=1S/C25H30FN5O3/c1-29(2)25-27-16-19(17-9-11-18(26)12-10-17)24(28-25)20-6-3-4-14-30(20)23(34)13-15-31-21(32)7-5-8-22(31)33/h9-12,16,20H,3-8,13-15H2,1-2H3/t20-/m1/s1. The van der Waals surface area contributed by atoms with Crippen molar-refractivity contribution < 1.29 is 18.8 Å². The predicted molar refractivity (Wildman–Crippen MR) is 125 cm³/mol. The van der Waals surface area contributed by atoms with Crippen LogP contribution in [0.2, 0.25) is 0 Å². The molecule has 2 fully saturated rings. The maximum absolute atomic E-state index is 13.5. The molecule has 0 N–H and O–H groups in total. The summed E-state index contributed by atoms with van der Waals surface area (Å²) in [5.74, 6) is -0.310. The van der Waals surface area contributed by atoms with Crippen LogP contribution in [0.3, 0.4) is 0 Å². The van der Waals surface area contributed by atoms with Gasteiger partial charge in [-0.3, -0.25) is 19.3 Å².